The third kappa shape index (κ3) is 3.11. The molecule has 0 fully saturated rings. The average molecular weight is 238 g/mol. The molecule has 0 unspecified atom stereocenters. The van der Waals surface area contributed by atoms with Gasteiger partial charge in [-0.05, 0) is 25.5 Å². The Balaban J connectivity index is 3.00. The molecule has 0 radical (unpaired) electrons. The van der Waals surface area contributed by atoms with E-state index in [9.17, 15) is 4.79 Å². The van der Waals surface area contributed by atoms with Crippen molar-refractivity contribution in [3.05, 3.63) is 41.1 Å². The molecule has 0 saturated carbocycles. The molecular weight excluding hydrogens is 222 g/mol. The quantitative estimate of drug-likeness (QED) is 0.775. The molecule has 86 valence electrons. The number of Topliss-reactive ketones (excluding diaryl/α,β-unsaturated/α-hetero) is 1. The lowest BCUT2D eigenvalue weighted by Gasteiger charge is -2.12. The van der Waals surface area contributed by atoms with Crippen LogP contribution in [0.2, 0.25) is 5.02 Å². The molecule has 0 aliphatic heterocycles. The Morgan fingerprint density at radius 2 is 2.19 bits per heavy atom. The van der Waals surface area contributed by atoms with Crippen LogP contribution in [0.15, 0.2) is 30.5 Å². The summed E-state index contributed by atoms with van der Waals surface area (Å²) in [6.45, 7) is 7.49. The van der Waals surface area contributed by atoms with Crippen LogP contribution in [0.4, 0.5) is 5.69 Å². The first-order valence-electron chi connectivity index (χ1n) is 5.30. The van der Waals surface area contributed by atoms with Crippen molar-refractivity contribution in [1.29, 1.82) is 0 Å². The molecule has 1 rings (SSSR count). The molecule has 0 saturated heterocycles. The van der Waals surface area contributed by atoms with E-state index in [0.29, 0.717) is 10.6 Å². The molecule has 0 atom stereocenters. The zero-order chi connectivity index (χ0) is 12.1. The van der Waals surface area contributed by atoms with Crippen LogP contribution in [-0.4, -0.2) is 5.78 Å². The van der Waals surface area contributed by atoms with Crippen LogP contribution in [0.1, 0.15) is 37.0 Å². The number of halogens is 1. The van der Waals surface area contributed by atoms with Crippen LogP contribution in [0.5, 0.6) is 0 Å². The number of ketones is 1. The molecule has 3 heteroatoms. The van der Waals surface area contributed by atoms with E-state index in [4.69, 9.17) is 11.6 Å². The fourth-order valence-corrected chi connectivity index (χ4v) is 1.85. The Morgan fingerprint density at radius 3 is 2.75 bits per heavy atom. The van der Waals surface area contributed by atoms with E-state index < -0.39 is 0 Å². The van der Waals surface area contributed by atoms with Gasteiger partial charge in [0.2, 0.25) is 0 Å². The van der Waals surface area contributed by atoms with Gasteiger partial charge in [0.15, 0.2) is 5.78 Å². The average Bonchev–Trinajstić information content (AvgIpc) is 2.17. The van der Waals surface area contributed by atoms with Crippen LogP contribution in [0.3, 0.4) is 0 Å². The number of anilines is 1. The monoisotopic (exact) mass is 237 g/mol. The third-order valence-corrected chi connectivity index (χ3v) is 2.54. The van der Waals surface area contributed by atoms with E-state index in [1.54, 1.807) is 6.07 Å². The summed E-state index contributed by atoms with van der Waals surface area (Å²) >= 11 is 5.99. The Hall–Kier alpha value is -1.28. The number of carbonyl (C=O) groups is 1. The van der Waals surface area contributed by atoms with E-state index >= 15 is 0 Å². The maximum atomic E-state index is 11.5. The fourth-order valence-electron chi connectivity index (χ4n) is 1.54. The molecule has 1 aromatic rings. The van der Waals surface area contributed by atoms with Crippen LogP contribution in [0, 0.1) is 0 Å². The van der Waals surface area contributed by atoms with E-state index in [-0.39, 0.29) is 5.78 Å². The maximum absolute atomic E-state index is 11.5. The van der Waals surface area contributed by atoms with Crippen molar-refractivity contribution in [3.63, 3.8) is 0 Å². The third-order valence-electron chi connectivity index (χ3n) is 2.23. The summed E-state index contributed by atoms with van der Waals surface area (Å²) in [6, 6.07) is 5.37. The fraction of sp³-hybridized carbons (Fsp3) is 0.308. The largest absolute Gasteiger partial charge is 0.359 e. The molecular formula is C13H16ClNO. The number of benzene rings is 1. The van der Waals surface area contributed by atoms with Crippen molar-refractivity contribution in [2.45, 2.75) is 26.7 Å². The van der Waals surface area contributed by atoms with Gasteiger partial charge in [0.05, 0.1) is 16.3 Å². The highest BCUT2D eigenvalue weighted by molar-refractivity contribution is 6.34. The molecule has 1 aromatic carbocycles. The van der Waals surface area contributed by atoms with Crippen LogP contribution in [0.25, 0.3) is 0 Å². The normalized spacial score (nSPS) is 9.94. The number of hydrogen-bond donors (Lipinski definition) is 1. The van der Waals surface area contributed by atoms with Crippen molar-refractivity contribution in [2.24, 2.45) is 0 Å². The van der Waals surface area contributed by atoms with Crippen LogP contribution in [-0.2, 0) is 0 Å². The van der Waals surface area contributed by atoms with Gasteiger partial charge < -0.3 is 5.32 Å². The first kappa shape index (κ1) is 12.8. The minimum absolute atomic E-state index is 0.0441. The Bertz CT molecular complexity index is 412. The summed E-state index contributed by atoms with van der Waals surface area (Å²) in [5.74, 6) is -0.0441. The van der Waals surface area contributed by atoms with E-state index in [2.05, 4.69) is 18.8 Å². The van der Waals surface area contributed by atoms with Gasteiger partial charge in [-0.25, -0.2) is 0 Å². The Labute approximate surface area is 101 Å². The van der Waals surface area contributed by atoms with Gasteiger partial charge in [-0.1, -0.05) is 37.6 Å². The van der Waals surface area contributed by atoms with E-state index in [1.807, 2.05) is 12.1 Å². The second-order valence-corrected chi connectivity index (χ2v) is 4.10. The topological polar surface area (TPSA) is 29.1 Å². The number of nitrogens with one attached hydrogen (secondary N) is 1. The molecule has 16 heavy (non-hydrogen) atoms. The molecule has 0 aliphatic rings. The maximum Gasteiger partial charge on any atom is 0.163 e. The SMILES string of the molecule is C=C(CCC)Nc1cccc(Cl)c1C(C)=O. The molecule has 0 amide bonds. The molecule has 0 heterocycles. The number of carbonyl (C=O) groups excluding carboxylic acids is 1. The summed E-state index contributed by atoms with van der Waals surface area (Å²) in [4.78, 5) is 11.5. The van der Waals surface area contributed by atoms with Crippen LogP contribution < -0.4 is 5.32 Å². The first-order valence-corrected chi connectivity index (χ1v) is 5.68. The molecule has 0 bridgehead atoms. The summed E-state index contributed by atoms with van der Waals surface area (Å²) in [7, 11) is 0. The zero-order valence-corrected chi connectivity index (χ0v) is 10.4. The summed E-state index contributed by atoms with van der Waals surface area (Å²) in [5.41, 5.74) is 2.16. The van der Waals surface area contributed by atoms with Crippen molar-refractivity contribution in [3.8, 4) is 0 Å². The van der Waals surface area contributed by atoms with Gasteiger partial charge in [0.1, 0.15) is 0 Å². The van der Waals surface area contributed by atoms with Crippen molar-refractivity contribution < 1.29 is 4.79 Å². The van der Waals surface area contributed by atoms with Gasteiger partial charge in [0, 0.05) is 5.70 Å². The number of rotatable bonds is 5. The molecule has 0 aliphatic carbocycles. The van der Waals surface area contributed by atoms with Gasteiger partial charge in [-0.3, -0.25) is 4.79 Å². The van der Waals surface area contributed by atoms with Gasteiger partial charge in [-0.2, -0.15) is 0 Å². The Morgan fingerprint density at radius 1 is 1.50 bits per heavy atom. The predicted octanol–water partition coefficient (Wildman–Crippen LogP) is 4.27. The lowest BCUT2D eigenvalue weighted by Crippen LogP contribution is -2.04. The van der Waals surface area contributed by atoms with Crippen molar-refractivity contribution in [2.75, 3.05) is 5.32 Å². The van der Waals surface area contributed by atoms with Crippen molar-refractivity contribution in [1.82, 2.24) is 0 Å². The van der Waals surface area contributed by atoms with Crippen LogP contribution >= 0.6 is 11.6 Å². The number of hydrogen-bond acceptors (Lipinski definition) is 2. The van der Waals surface area contributed by atoms with Gasteiger partial charge in [-0.15, -0.1) is 0 Å². The van der Waals surface area contributed by atoms with Crippen molar-refractivity contribution >= 4 is 23.1 Å². The molecule has 2 nitrogen and oxygen atoms in total. The first-order chi connectivity index (χ1) is 7.56. The molecule has 1 N–H and O–H groups in total. The minimum atomic E-state index is -0.0441. The zero-order valence-electron chi connectivity index (χ0n) is 9.64. The highest BCUT2D eigenvalue weighted by Crippen LogP contribution is 2.26. The molecule has 0 spiro atoms. The summed E-state index contributed by atoms with van der Waals surface area (Å²) in [6.07, 6.45) is 1.89. The minimum Gasteiger partial charge on any atom is -0.359 e. The molecule has 0 aromatic heterocycles. The predicted molar refractivity (Wildman–Crippen MR) is 69.1 cm³/mol. The Kier molecular flexibility index (Phi) is 4.56. The smallest absolute Gasteiger partial charge is 0.163 e. The highest BCUT2D eigenvalue weighted by atomic mass is 35.5. The second kappa shape index (κ2) is 5.71. The lowest BCUT2D eigenvalue weighted by molar-refractivity contribution is 0.101. The summed E-state index contributed by atoms with van der Waals surface area (Å²) in [5, 5.41) is 3.61. The lowest BCUT2D eigenvalue weighted by atomic mass is 10.1. The van der Waals surface area contributed by atoms with E-state index in [1.165, 1.54) is 6.92 Å². The number of allylic oxidation sites excluding steroid dienone is 1. The standard InChI is InChI=1S/C13H16ClNO/c1-4-6-9(2)15-12-8-5-7-11(14)13(12)10(3)16/h5,7-8,15H,2,4,6H2,1,3H3. The summed E-state index contributed by atoms with van der Waals surface area (Å²) < 4.78 is 0. The highest BCUT2D eigenvalue weighted by Gasteiger charge is 2.11. The van der Waals surface area contributed by atoms with Gasteiger partial charge in [0.25, 0.3) is 0 Å². The second-order valence-electron chi connectivity index (χ2n) is 3.70. The van der Waals surface area contributed by atoms with E-state index in [0.717, 1.165) is 24.2 Å². The van der Waals surface area contributed by atoms with Gasteiger partial charge >= 0.3 is 0 Å².